The summed E-state index contributed by atoms with van der Waals surface area (Å²) >= 11 is 0. The highest BCUT2D eigenvalue weighted by molar-refractivity contribution is 5.75. The van der Waals surface area contributed by atoms with Crippen LogP contribution in [0.15, 0.2) is 24.3 Å². The summed E-state index contributed by atoms with van der Waals surface area (Å²) in [6, 6.07) is 8.50. The van der Waals surface area contributed by atoms with Crippen molar-refractivity contribution in [2.24, 2.45) is 29.6 Å². The van der Waals surface area contributed by atoms with E-state index in [-0.39, 0.29) is 11.9 Å². The first-order chi connectivity index (χ1) is 16.7. The molecule has 0 aromatic heterocycles. The molecule has 0 radical (unpaired) electrons. The summed E-state index contributed by atoms with van der Waals surface area (Å²) in [7, 11) is 0. The highest BCUT2D eigenvalue weighted by atomic mass is 16.5. The quantitative estimate of drug-likeness (QED) is 0.267. The molecule has 0 spiro atoms. The minimum atomic E-state index is 0.00860. The van der Waals surface area contributed by atoms with Gasteiger partial charge in [-0.1, -0.05) is 70.9 Å². The molecule has 0 aliphatic heterocycles. The molecule has 0 N–H and O–H groups in total. The fraction of sp³-hybridized carbons (Fsp3) is 0.781. The standard InChI is InChI=1S/C32H50O2/c1-3-5-7-25-10-14-27(15-11-25)29-20-22-31(23-21-29)34-32(33)30-18-16-28(17-19-30)26-12-8-24(6-4-2)9-13-26/h20-28,30H,3-19H2,1-2H3/t24?,25-,26?,27-,28?,30?. The van der Waals surface area contributed by atoms with Gasteiger partial charge in [-0.25, -0.2) is 0 Å². The van der Waals surface area contributed by atoms with Crippen molar-refractivity contribution >= 4 is 5.97 Å². The van der Waals surface area contributed by atoms with Crippen LogP contribution in [0.3, 0.4) is 0 Å². The van der Waals surface area contributed by atoms with E-state index in [0.717, 1.165) is 42.3 Å². The van der Waals surface area contributed by atoms with Gasteiger partial charge in [-0.2, -0.15) is 0 Å². The lowest BCUT2D eigenvalue weighted by Crippen LogP contribution is -2.30. The molecule has 0 bridgehead atoms. The van der Waals surface area contributed by atoms with Crippen molar-refractivity contribution in [3.63, 3.8) is 0 Å². The van der Waals surface area contributed by atoms with E-state index < -0.39 is 0 Å². The summed E-state index contributed by atoms with van der Waals surface area (Å²) in [4.78, 5) is 12.9. The summed E-state index contributed by atoms with van der Waals surface area (Å²) in [6.45, 7) is 4.62. The molecule has 4 rings (SSSR count). The van der Waals surface area contributed by atoms with Gasteiger partial charge in [0.1, 0.15) is 5.75 Å². The number of ether oxygens (including phenoxy) is 1. The van der Waals surface area contributed by atoms with Crippen LogP contribution in [-0.4, -0.2) is 5.97 Å². The van der Waals surface area contributed by atoms with E-state index in [1.807, 2.05) is 12.1 Å². The number of unbranched alkanes of at least 4 members (excludes halogenated alkanes) is 1. The van der Waals surface area contributed by atoms with E-state index >= 15 is 0 Å². The van der Waals surface area contributed by atoms with Crippen molar-refractivity contribution in [2.75, 3.05) is 0 Å². The Hall–Kier alpha value is -1.31. The molecule has 1 aromatic rings. The molecule has 1 aromatic carbocycles. The average Bonchev–Trinajstić information content (AvgIpc) is 2.89. The first-order valence-electron chi connectivity index (χ1n) is 15.0. The molecular weight excluding hydrogens is 416 g/mol. The highest BCUT2D eigenvalue weighted by Gasteiger charge is 2.33. The lowest BCUT2D eigenvalue weighted by molar-refractivity contribution is -0.140. The third-order valence-electron chi connectivity index (χ3n) is 9.74. The maximum absolute atomic E-state index is 12.9. The van der Waals surface area contributed by atoms with Crippen molar-refractivity contribution in [3.8, 4) is 5.75 Å². The summed E-state index contributed by atoms with van der Waals surface area (Å²) in [6.07, 6.45) is 22.5. The number of carbonyl (C=O) groups is 1. The largest absolute Gasteiger partial charge is 0.426 e. The summed E-state index contributed by atoms with van der Waals surface area (Å²) in [5.41, 5.74) is 1.43. The van der Waals surface area contributed by atoms with Gasteiger partial charge < -0.3 is 4.74 Å². The second kappa shape index (κ2) is 13.1. The molecule has 3 aliphatic rings. The Bertz CT molecular complexity index is 714. The number of rotatable bonds is 9. The van der Waals surface area contributed by atoms with E-state index in [4.69, 9.17) is 4.74 Å². The van der Waals surface area contributed by atoms with Crippen molar-refractivity contribution in [1.29, 1.82) is 0 Å². The van der Waals surface area contributed by atoms with Gasteiger partial charge in [0.15, 0.2) is 0 Å². The maximum Gasteiger partial charge on any atom is 0.314 e. The Morgan fingerprint density at radius 2 is 1.26 bits per heavy atom. The zero-order chi connectivity index (χ0) is 23.8. The molecule has 0 saturated heterocycles. The first-order valence-corrected chi connectivity index (χ1v) is 15.0. The van der Waals surface area contributed by atoms with Gasteiger partial charge in [0, 0.05) is 0 Å². The van der Waals surface area contributed by atoms with Gasteiger partial charge in [-0.05, 0) is 111 Å². The normalized spacial score (nSPS) is 32.3. The van der Waals surface area contributed by atoms with Gasteiger partial charge in [0.05, 0.1) is 5.92 Å². The Morgan fingerprint density at radius 1 is 0.706 bits per heavy atom. The zero-order valence-corrected chi connectivity index (χ0v) is 22.1. The Kier molecular flexibility index (Phi) is 9.95. The molecule has 0 amide bonds. The molecule has 0 unspecified atom stereocenters. The highest BCUT2D eigenvalue weighted by Crippen LogP contribution is 2.43. The van der Waals surface area contributed by atoms with Crippen LogP contribution in [0.25, 0.3) is 0 Å². The van der Waals surface area contributed by atoms with E-state index in [1.165, 1.54) is 102 Å². The molecule has 0 heterocycles. The first kappa shape index (κ1) is 25.8. The fourth-order valence-corrected chi connectivity index (χ4v) is 7.47. The predicted octanol–water partition coefficient (Wildman–Crippen LogP) is 9.47. The molecule has 190 valence electrons. The Labute approximate surface area is 209 Å². The van der Waals surface area contributed by atoms with Gasteiger partial charge in [-0.15, -0.1) is 0 Å². The van der Waals surface area contributed by atoms with E-state index in [2.05, 4.69) is 26.0 Å². The topological polar surface area (TPSA) is 26.3 Å². The van der Waals surface area contributed by atoms with Crippen LogP contribution < -0.4 is 4.74 Å². The lowest BCUT2D eigenvalue weighted by Gasteiger charge is -2.37. The van der Waals surface area contributed by atoms with Crippen molar-refractivity contribution in [2.45, 2.75) is 129 Å². The van der Waals surface area contributed by atoms with Gasteiger partial charge in [-0.3, -0.25) is 4.79 Å². The third-order valence-corrected chi connectivity index (χ3v) is 9.74. The van der Waals surface area contributed by atoms with Crippen LogP contribution in [0.4, 0.5) is 0 Å². The molecule has 34 heavy (non-hydrogen) atoms. The minimum Gasteiger partial charge on any atom is -0.426 e. The molecular formula is C32H50O2. The molecule has 3 aliphatic carbocycles. The van der Waals surface area contributed by atoms with E-state index in [9.17, 15) is 4.79 Å². The molecule has 3 saturated carbocycles. The summed E-state index contributed by atoms with van der Waals surface area (Å²) in [5, 5.41) is 0. The molecule has 2 nitrogen and oxygen atoms in total. The van der Waals surface area contributed by atoms with Crippen molar-refractivity contribution in [1.82, 2.24) is 0 Å². The Morgan fingerprint density at radius 3 is 1.85 bits per heavy atom. The van der Waals surface area contributed by atoms with Crippen LogP contribution in [0.5, 0.6) is 5.75 Å². The monoisotopic (exact) mass is 466 g/mol. The number of carbonyl (C=O) groups excluding carboxylic acids is 1. The third kappa shape index (κ3) is 7.11. The molecule has 3 fully saturated rings. The van der Waals surface area contributed by atoms with Crippen LogP contribution in [0.2, 0.25) is 0 Å². The Balaban J connectivity index is 1.18. The van der Waals surface area contributed by atoms with E-state index in [1.54, 1.807) is 0 Å². The second-order valence-electron chi connectivity index (χ2n) is 12.0. The van der Waals surface area contributed by atoms with Crippen molar-refractivity contribution in [3.05, 3.63) is 29.8 Å². The predicted molar refractivity (Wildman–Crippen MR) is 142 cm³/mol. The SMILES string of the molecule is CCCC[C@H]1CC[C@H](c2ccc(OC(=O)C3CCC(C4CCC(CCC)CC4)CC3)cc2)CC1. The van der Waals surface area contributed by atoms with Gasteiger partial charge in [0.25, 0.3) is 0 Å². The van der Waals surface area contributed by atoms with Gasteiger partial charge in [0.2, 0.25) is 0 Å². The summed E-state index contributed by atoms with van der Waals surface area (Å²) < 4.78 is 5.84. The zero-order valence-electron chi connectivity index (χ0n) is 22.1. The van der Waals surface area contributed by atoms with Crippen LogP contribution in [0.1, 0.15) is 134 Å². The smallest absolute Gasteiger partial charge is 0.314 e. The summed E-state index contributed by atoms with van der Waals surface area (Å²) in [5.74, 6) is 5.24. The average molecular weight is 467 g/mol. The molecule has 2 heteroatoms. The number of esters is 1. The van der Waals surface area contributed by atoms with E-state index in [0.29, 0.717) is 5.92 Å². The molecule has 0 atom stereocenters. The lowest BCUT2D eigenvalue weighted by atomic mass is 9.69. The number of benzene rings is 1. The van der Waals surface area contributed by atoms with Crippen LogP contribution in [0, 0.1) is 29.6 Å². The van der Waals surface area contributed by atoms with Crippen LogP contribution in [-0.2, 0) is 4.79 Å². The van der Waals surface area contributed by atoms with Gasteiger partial charge >= 0.3 is 5.97 Å². The van der Waals surface area contributed by atoms with Crippen molar-refractivity contribution < 1.29 is 9.53 Å². The number of hydrogen-bond acceptors (Lipinski definition) is 2. The fourth-order valence-electron chi connectivity index (χ4n) is 7.47. The van der Waals surface area contributed by atoms with Crippen LogP contribution >= 0.6 is 0 Å². The number of hydrogen-bond donors (Lipinski definition) is 0. The maximum atomic E-state index is 12.9. The second-order valence-corrected chi connectivity index (χ2v) is 12.0. The minimum absolute atomic E-state index is 0.00860.